The van der Waals surface area contributed by atoms with Gasteiger partial charge >= 0.3 is 0 Å². The summed E-state index contributed by atoms with van der Waals surface area (Å²) in [5, 5.41) is 34.4. The highest BCUT2D eigenvalue weighted by Gasteiger charge is 2.21. The summed E-state index contributed by atoms with van der Waals surface area (Å²) in [7, 11) is -2.71. The fourth-order valence-electron chi connectivity index (χ4n) is 7.43. The van der Waals surface area contributed by atoms with Crippen molar-refractivity contribution in [3.8, 4) is 22.6 Å². The van der Waals surface area contributed by atoms with Gasteiger partial charge in [-0.2, -0.15) is 8.42 Å². The van der Waals surface area contributed by atoms with Crippen molar-refractivity contribution in [3.63, 3.8) is 0 Å². The van der Waals surface area contributed by atoms with E-state index in [0.717, 1.165) is 30.4 Å². The Kier molecular flexibility index (Phi) is 17.3. The molecular formula is C48H60N4O6S. The van der Waals surface area contributed by atoms with E-state index in [9.17, 15) is 28.0 Å². The molecule has 4 N–H and O–H groups in total. The van der Waals surface area contributed by atoms with Crippen LogP contribution in [-0.4, -0.2) is 42.7 Å². The Morgan fingerprint density at radius 2 is 1.19 bits per heavy atom. The topological polar surface area (TPSA) is 152 Å². The molecule has 0 radical (unpaired) electrons. The molecule has 1 amide bonds. The maximum Gasteiger partial charge on any atom is 0.294 e. The van der Waals surface area contributed by atoms with Crippen LogP contribution in [-0.2, 0) is 10.1 Å². The Bertz CT molecular complexity index is 2260. The number of phenolic OH excluding ortho intramolecular Hbond substituents is 2. The Morgan fingerprint density at radius 3 is 1.80 bits per heavy atom. The lowest BCUT2D eigenvalue weighted by atomic mass is 10.0. The molecule has 0 aliphatic rings. The Labute approximate surface area is 350 Å². The van der Waals surface area contributed by atoms with Crippen molar-refractivity contribution < 1.29 is 28.0 Å². The third-order valence-electron chi connectivity index (χ3n) is 10.9. The maximum atomic E-state index is 14.0. The number of rotatable bonds is 24. The number of anilines is 2. The number of carbonyl (C=O) groups excluding carboxylic acids is 1. The second-order valence-corrected chi connectivity index (χ2v) is 16.9. The summed E-state index contributed by atoms with van der Waals surface area (Å²) in [4.78, 5) is 15.6. The zero-order chi connectivity index (χ0) is 42.0. The lowest BCUT2D eigenvalue weighted by molar-refractivity contribution is 0.102. The fourth-order valence-corrected chi connectivity index (χ4v) is 7.94. The first-order valence-electron chi connectivity index (χ1n) is 21.3. The number of nitrogens with zero attached hydrogens (tertiary/aromatic N) is 3. The number of hydrogen-bond donors (Lipinski definition) is 4. The van der Waals surface area contributed by atoms with Crippen LogP contribution >= 0.6 is 0 Å². The molecule has 0 spiro atoms. The third-order valence-corrected chi connectivity index (χ3v) is 11.7. The Hall–Kier alpha value is -5.26. The summed E-state index contributed by atoms with van der Waals surface area (Å²) < 4.78 is 34.2. The van der Waals surface area contributed by atoms with Gasteiger partial charge in [0, 0.05) is 24.4 Å². The van der Waals surface area contributed by atoms with E-state index in [2.05, 4.69) is 22.5 Å². The molecule has 5 aromatic carbocycles. The Morgan fingerprint density at radius 1 is 0.627 bits per heavy atom. The quantitative estimate of drug-likeness (QED) is 0.0275. The molecule has 0 aliphatic carbocycles. The van der Waals surface area contributed by atoms with Gasteiger partial charge in [0.2, 0.25) is 0 Å². The van der Waals surface area contributed by atoms with E-state index in [4.69, 9.17) is 0 Å². The van der Waals surface area contributed by atoms with E-state index in [-0.39, 0.29) is 39.0 Å². The molecule has 0 fully saturated rings. The number of nitrogens with one attached hydrogen (secondary N) is 1. The van der Waals surface area contributed by atoms with E-state index in [1.165, 1.54) is 102 Å². The number of phenols is 2. The van der Waals surface area contributed by atoms with Crippen LogP contribution in [0.1, 0.15) is 120 Å². The Balaban J connectivity index is 1.22. The van der Waals surface area contributed by atoms with Gasteiger partial charge < -0.3 is 20.4 Å². The lowest BCUT2D eigenvalue weighted by Gasteiger charge is -2.23. The summed E-state index contributed by atoms with van der Waals surface area (Å²) in [5.74, 6) is -1.09. The number of azo groups is 1. The van der Waals surface area contributed by atoms with Crippen LogP contribution in [0.3, 0.4) is 0 Å². The molecule has 0 aliphatic heterocycles. The molecule has 5 aromatic rings. The summed E-state index contributed by atoms with van der Waals surface area (Å²) in [6.07, 6.45) is 20.4. The summed E-state index contributed by atoms with van der Waals surface area (Å²) in [6, 6.07) is 27.1. The van der Waals surface area contributed by atoms with Crippen LogP contribution in [0, 0.1) is 0 Å². The molecule has 10 nitrogen and oxygen atoms in total. The molecule has 0 bridgehead atoms. The predicted octanol–water partition coefficient (Wildman–Crippen LogP) is 13.5. The molecule has 0 heterocycles. The number of fused-ring (bicyclic) bond motifs is 1. The van der Waals surface area contributed by atoms with Gasteiger partial charge in [-0.15, -0.1) is 10.2 Å². The maximum absolute atomic E-state index is 14.0. The highest BCUT2D eigenvalue weighted by molar-refractivity contribution is 7.85. The average Bonchev–Trinajstić information content (AvgIpc) is 3.23. The smallest absolute Gasteiger partial charge is 0.294 e. The fraction of sp³-hybridized carbons (Fsp3) is 0.396. The molecule has 59 heavy (non-hydrogen) atoms. The molecule has 5 rings (SSSR count). The number of carbonyl (C=O) groups is 1. The van der Waals surface area contributed by atoms with Crippen LogP contribution in [0.2, 0.25) is 0 Å². The number of aromatic hydroxyl groups is 2. The van der Waals surface area contributed by atoms with E-state index >= 15 is 0 Å². The first-order valence-corrected chi connectivity index (χ1v) is 22.7. The molecule has 0 saturated heterocycles. The van der Waals surface area contributed by atoms with Gasteiger partial charge in [0.15, 0.2) is 0 Å². The van der Waals surface area contributed by atoms with Crippen LogP contribution in [0.4, 0.5) is 22.7 Å². The highest BCUT2D eigenvalue weighted by atomic mass is 32.2. The molecule has 0 unspecified atom stereocenters. The SMILES string of the molecule is CCCCCCCCCCCCCCCCCCN(C)c1ccc(S(=O)(=O)O)cc1NC(=O)c1cc(N=Nc2cc(-c3ccccc3)ccc2O)c2ccccc2c1O. The average molecular weight is 821 g/mol. The highest BCUT2D eigenvalue weighted by Crippen LogP contribution is 2.39. The predicted molar refractivity (Wildman–Crippen MR) is 240 cm³/mol. The minimum atomic E-state index is -4.58. The molecule has 314 valence electrons. The van der Waals surface area contributed by atoms with E-state index < -0.39 is 16.0 Å². The minimum absolute atomic E-state index is 0.0792. The first kappa shape index (κ1) is 44.8. The van der Waals surface area contributed by atoms with Crippen molar-refractivity contribution in [2.24, 2.45) is 10.2 Å². The summed E-state index contributed by atoms with van der Waals surface area (Å²) in [6.45, 7) is 2.92. The van der Waals surface area contributed by atoms with Gasteiger partial charge in [-0.25, -0.2) is 0 Å². The van der Waals surface area contributed by atoms with Crippen LogP contribution in [0.25, 0.3) is 21.9 Å². The van der Waals surface area contributed by atoms with Gasteiger partial charge in [-0.05, 0) is 53.9 Å². The van der Waals surface area contributed by atoms with Gasteiger partial charge in [0.25, 0.3) is 16.0 Å². The van der Waals surface area contributed by atoms with Crippen LogP contribution in [0.15, 0.2) is 112 Å². The second kappa shape index (κ2) is 22.8. The van der Waals surface area contributed by atoms with Crippen molar-refractivity contribution >= 4 is 49.5 Å². The first-order chi connectivity index (χ1) is 28.6. The summed E-state index contributed by atoms with van der Waals surface area (Å²) in [5.41, 5.74) is 2.84. The number of hydrogen-bond acceptors (Lipinski definition) is 8. The van der Waals surface area contributed by atoms with Crippen LogP contribution < -0.4 is 10.2 Å². The van der Waals surface area contributed by atoms with Gasteiger partial charge in [-0.1, -0.05) is 164 Å². The van der Waals surface area contributed by atoms with Gasteiger partial charge in [0.05, 0.1) is 27.5 Å². The van der Waals surface area contributed by atoms with Crippen molar-refractivity contribution in [2.45, 2.75) is 115 Å². The molecule has 0 aromatic heterocycles. The van der Waals surface area contributed by atoms with Gasteiger partial charge in [-0.3, -0.25) is 9.35 Å². The van der Waals surface area contributed by atoms with Gasteiger partial charge in [0.1, 0.15) is 17.2 Å². The van der Waals surface area contributed by atoms with Crippen molar-refractivity contribution in [2.75, 3.05) is 23.8 Å². The summed E-state index contributed by atoms with van der Waals surface area (Å²) >= 11 is 0. The standard InChI is InChI=1S/C48H60N4O6S/c1-3-4-5-6-7-8-9-10-11-12-13-14-15-16-17-23-32-52(2)45-30-29-38(59(56,57)58)34-43(45)49-48(55)41-35-42(39-26-21-22-27-40(39)47(41)54)50-51-44-33-37(28-31-46(44)53)36-24-19-18-20-25-36/h18-22,24-31,33-35,53-54H,3-17,23,32H2,1-2H3,(H,49,55)(H,56,57,58). The van der Waals surface area contributed by atoms with E-state index in [1.54, 1.807) is 48.5 Å². The van der Waals surface area contributed by atoms with Crippen molar-refractivity contribution in [1.82, 2.24) is 0 Å². The minimum Gasteiger partial charge on any atom is -0.506 e. The number of benzene rings is 5. The zero-order valence-corrected chi connectivity index (χ0v) is 35.4. The van der Waals surface area contributed by atoms with E-state index in [1.807, 2.05) is 42.3 Å². The van der Waals surface area contributed by atoms with Crippen molar-refractivity contribution in [3.05, 3.63) is 103 Å². The molecule has 0 atom stereocenters. The lowest BCUT2D eigenvalue weighted by Crippen LogP contribution is -2.22. The largest absolute Gasteiger partial charge is 0.506 e. The molecule has 11 heteroatoms. The normalized spacial score (nSPS) is 11.7. The zero-order valence-electron chi connectivity index (χ0n) is 34.6. The number of unbranched alkanes of at least 4 members (excludes halogenated alkanes) is 15. The van der Waals surface area contributed by atoms with Crippen molar-refractivity contribution in [1.29, 1.82) is 0 Å². The molecule has 0 saturated carbocycles. The number of amides is 1. The second-order valence-electron chi connectivity index (χ2n) is 15.4. The monoisotopic (exact) mass is 820 g/mol. The van der Waals surface area contributed by atoms with Crippen LogP contribution in [0.5, 0.6) is 11.5 Å². The third kappa shape index (κ3) is 13.4. The molecular weight excluding hydrogens is 761 g/mol. The van der Waals surface area contributed by atoms with E-state index in [0.29, 0.717) is 23.0 Å².